The molecule has 0 aliphatic heterocycles. The molecular formula is C18H27N3O. The molecule has 2 unspecified atom stereocenters. The summed E-state index contributed by atoms with van der Waals surface area (Å²) in [4.78, 5) is 4.04. The van der Waals surface area contributed by atoms with Gasteiger partial charge in [0.15, 0.2) is 0 Å². The fourth-order valence-corrected chi connectivity index (χ4v) is 2.98. The van der Waals surface area contributed by atoms with Crippen molar-refractivity contribution in [1.29, 1.82) is 0 Å². The van der Waals surface area contributed by atoms with Gasteiger partial charge in [0.2, 0.25) is 0 Å². The third-order valence-corrected chi connectivity index (χ3v) is 4.30. The Morgan fingerprint density at radius 3 is 2.55 bits per heavy atom. The number of aliphatic hydroxyl groups excluding tert-OH is 1. The van der Waals surface area contributed by atoms with Gasteiger partial charge >= 0.3 is 0 Å². The van der Waals surface area contributed by atoms with Crippen molar-refractivity contribution in [3.8, 4) is 0 Å². The quantitative estimate of drug-likeness (QED) is 0.810. The summed E-state index contributed by atoms with van der Waals surface area (Å²) in [7, 11) is 0. The maximum Gasteiger partial charge on any atom is 0.137 e. The molecule has 1 aromatic carbocycles. The van der Waals surface area contributed by atoms with Crippen molar-refractivity contribution < 1.29 is 5.11 Å². The van der Waals surface area contributed by atoms with Gasteiger partial charge in [-0.2, -0.15) is 5.10 Å². The highest BCUT2D eigenvalue weighted by molar-refractivity contribution is 5.16. The second-order valence-corrected chi connectivity index (χ2v) is 6.68. The van der Waals surface area contributed by atoms with Crippen LogP contribution in [-0.4, -0.2) is 26.0 Å². The smallest absolute Gasteiger partial charge is 0.137 e. The molecule has 0 saturated carbocycles. The van der Waals surface area contributed by atoms with Crippen LogP contribution in [0, 0.1) is 5.41 Å². The molecule has 120 valence electrons. The summed E-state index contributed by atoms with van der Waals surface area (Å²) in [6.07, 6.45) is 6.71. The molecule has 1 aromatic heterocycles. The first-order valence-electron chi connectivity index (χ1n) is 8.10. The maximum absolute atomic E-state index is 11.0. The molecule has 2 atom stereocenters. The van der Waals surface area contributed by atoms with Gasteiger partial charge in [-0.05, 0) is 23.8 Å². The molecule has 2 rings (SSSR count). The van der Waals surface area contributed by atoms with E-state index in [1.165, 1.54) is 11.9 Å². The number of unbranched alkanes of at least 4 members (excludes halogenated alkanes) is 1. The average molecular weight is 301 g/mol. The van der Waals surface area contributed by atoms with Gasteiger partial charge in [0.1, 0.15) is 12.7 Å². The van der Waals surface area contributed by atoms with Crippen LogP contribution in [0.25, 0.3) is 0 Å². The minimum Gasteiger partial charge on any atom is -0.390 e. The molecule has 1 N–H and O–H groups in total. The van der Waals surface area contributed by atoms with Crippen molar-refractivity contribution in [3.63, 3.8) is 0 Å². The topological polar surface area (TPSA) is 50.9 Å². The van der Waals surface area contributed by atoms with Gasteiger partial charge in [0.25, 0.3) is 0 Å². The van der Waals surface area contributed by atoms with Crippen molar-refractivity contribution in [2.24, 2.45) is 5.41 Å². The van der Waals surface area contributed by atoms with E-state index in [0.29, 0.717) is 0 Å². The zero-order valence-electron chi connectivity index (χ0n) is 13.8. The molecule has 0 bridgehead atoms. The molecule has 0 aliphatic carbocycles. The van der Waals surface area contributed by atoms with Crippen molar-refractivity contribution >= 4 is 0 Å². The zero-order chi connectivity index (χ0) is 16.0. The summed E-state index contributed by atoms with van der Waals surface area (Å²) in [6.45, 7) is 6.42. The number of nitrogens with zero attached hydrogens (tertiary/aromatic N) is 3. The first-order valence-corrected chi connectivity index (χ1v) is 8.10. The van der Waals surface area contributed by atoms with Gasteiger partial charge in [-0.1, -0.05) is 63.9 Å². The van der Waals surface area contributed by atoms with Crippen molar-refractivity contribution in [3.05, 3.63) is 48.5 Å². The molecule has 4 heteroatoms. The minimum absolute atomic E-state index is 0.0267. The summed E-state index contributed by atoms with van der Waals surface area (Å²) in [6, 6.07) is 10.3. The monoisotopic (exact) mass is 301 g/mol. The van der Waals surface area contributed by atoms with E-state index in [-0.39, 0.29) is 11.5 Å². The van der Waals surface area contributed by atoms with Gasteiger partial charge in [-0.25, -0.2) is 9.67 Å². The molecule has 4 nitrogen and oxygen atoms in total. The lowest BCUT2D eigenvalue weighted by Gasteiger charge is -2.36. The van der Waals surface area contributed by atoms with Gasteiger partial charge in [0.05, 0.1) is 12.1 Å². The van der Waals surface area contributed by atoms with Crippen molar-refractivity contribution in [2.75, 3.05) is 0 Å². The molecule has 0 fully saturated rings. The SMILES string of the molecule is CCCCC(C(O)C(C)(C)Cc1ccccc1)n1cncn1. The van der Waals surface area contributed by atoms with Gasteiger partial charge in [0, 0.05) is 0 Å². The van der Waals surface area contributed by atoms with Gasteiger partial charge in [-0.3, -0.25) is 0 Å². The normalized spacial score (nSPS) is 14.7. The van der Waals surface area contributed by atoms with E-state index >= 15 is 0 Å². The third-order valence-electron chi connectivity index (χ3n) is 4.30. The average Bonchev–Trinajstić information content (AvgIpc) is 3.02. The predicted molar refractivity (Wildman–Crippen MR) is 88.5 cm³/mol. The number of hydrogen-bond acceptors (Lipinski definition) is 3. The van der Waals surface area contributed by atoms with Gasteiger partial charge < -0.3 is 5.11 Å². The predicted octanol–water partition coefficient (Wildman–Crippen LogP) is 3.64. The Hall–Kier alpha value is -1.68. The second-order valence-electron chi connectivity index (χ2n) is 6.68. The Kier molecular flexibility index (Phi) is 5.72. The van der Waals surface area contributed by atoms with E-state index in [9.17, 15) is 5.11 Å². The minimum atomic E-state index is -0.471. The van der Waals surface area contributed by atoms with Crippen molar-refractivity contribution in [2.45, 2.75) is 58.6 Å². The van der Waals surface area contributed by atoms with E-state index in [4.69, 9.17) is 0 Å². The lowest BCUT2D eigenvalue weighted by Crippen LogP contribution is -2.39. The molecule has 0 radical (unpaired) electrons. The Balaban J connectivity index is 2.15. The zero-order valence-corrected chi connectivity index (χ0v) is 13.8. The molecule has 0 saturated heterocycles. The van der Waals surface area contributed by atoms with Crippen LogP contribution in [0.15, 0.2) is 43.0 Å². The molecule has 2 aromatic rings. The van der Waals surface area contributed by atoms with E-state index in [0.717, 1.165) is 25.7 Å². The summed E-state index contributed by atoms with van der Waals surface area (Å²) in [5, 5.41) is 15.3. The highest BCUT2D eigenvalue weighted by Crippen LogP contribution is 2.34. The summed E-state index contributed by atoms with van der Waals surface area (Å²) < 4.78 is 1.81. The Morgan fingerprint density at radius 2 is 1.95 bits per heavy atom. The summed E-state index contributed by atoms with van der Waals surface area (Å²) in [5.74, 6) is 0. The lowest BCUT2D eigenvalue weighted by atomic mass is 9.76. The number of rotatable bonds is 8. The van der Waals surface area contributed by atoms with Gasteiger partial charge in [-0.15, -0.1) is 0 Å². The van der Waals surface area contributed by atoms with Crippen LogP contribution < -0.4 is 0 Å². The number of aliphatic hydroxyl groups is 1. The Morgan fingerprint density at radius 1 is 1.23 bits per heavy atom. The van der Waals surface area contributed by atoms with Crippen LogP contribution in [0.3, 0.4) is 0 Å². The van der Waals surface area contributed by atoms with E-state index in [1.54, 1.807) is 6.33 Å². The summed E-state index contributed by atoms with van der Waals surface area (Å²) >= 11 is 0. The fraction of sp³-hybridized carbons (Fsp3) is 0.556. The largest absolute Gasteiger partial charge is 0.390 e. The molecule has 0 amide bonds. The molecular weight excluding hydrogens is 274 g/mol. The highest BCUT2D eigenvalue weighted by atomic mass is 16.3. The molecule has 22 heavy (non-hydrogen) atoms. The Bertz CT molecular complexity index is 537. The molecule has 0 spiro atoms. The maximum atomic E-state index is 11.0. The van der Waals surface area contributed by atoms with Crippen molar-refractivity contribution in [1.82, 2.24) is 14.8 Å². The summed E-state index contributed by atoms with van der Waals surface area (Å²) in [5.41, 5.74) is 1.02. The molecule has 1 heterocycles. The first-order chi connectivity index (χ1) is 10.5. The van der Waals surface area contributed by atoms with Crippen LogP contribution in [0.1, 0.15) is 51.6 Å². The lowest BCUT2D eigenvalue weighted by molar-refractivity contribution is -0.00140. The van der Waals surface area contributed by atoms with E-state index in [2.05, 4.69) is 43.0 Å². The standard InChI is InChI=1S/C18H27N3O/c1-4-5-11-16(21-14-19-13-20-21)17(22)18(2,3)12-15-9-7-6-8-10-15/h6-10,13-14,16-17,22H,4-5,11-12H2,1-3H3. The fourth-order valence-electron chi connectivity index (χ4n) is 2.98. The third kappa shape index (κ3) is 4.17. The van der Waals surface area contributed by atoms with Crippen LogP contribution in [-0.2, 0) is 6.42 Å². The number of hydrogen-bond donors (Lipinski definition) is 1. The van der Waals surface area contributed by atoms with Crippen LogP contribution >= 0.6 is 0 Å². The van der Waals surface area contributed by atoms with E-state index in [1.807, 2.05) is 22.9 Å². The number of aromatic nitrogens is 3. The highest BCUT2D eigenvalue weighted by Gasteiger charge is 2.35. The number of benzene rings is 1. The second kappa shape index (κ2) is 7.54. The Labute approximate surface area is 133 Å². The van der Waals surface area contributed by atoms with Crippen LogP contribution in [0.5, 0.6) is 0 Å². The van der Waals surface area contributed by atoms with E-state index < -0.39 is 6.10 Å². The van der Waals surface area contributed by atoms with Crippen LogP contribution in [0.2, 0.25) is 0 Å². The van der Waals surface area contributed by atoms with Crippen LogP contribution in [0.4, 0.5) is 0 Å². The molecule has 0 aliphatic rings. The first kappa shape index (κ1) is 16.7.